The number of benzene rings is 2. The van der Waals surface area contributed by atoms with Crippen molar-refractivity contribution in [2.45, 2.75) is 26.7 Å². The van der Waals surface area contributed by atoms with Crippen molar-refractivity contribution >= 4 is 23.5 Å². The van der Waals surface area contributed by atoms with Gasteiger partial charge in [0.15, 0.2) is 5.11 Å². The van der Waals surface area contributed by atoms with Crippen LogP contribution in [0.5, 0.6) is 11.5 Å². The van der Waals surface area contributed by atoms with Crippen LogP contribution in [0.1, 0.15) is 36.5 Å². The minimum absolute atomic E-state index is 0.128. The van der Waals surface area contributed by atoms with Gasteiger partial charge in [-0.2, -0.15) is 5.10 Å². The monoisotopic (exact) mass is 371 g/mol. The number of hydrogen-bond donors (Lipinski definition) is 2. The lowest BCUT2D eigenvalue weighted by molar-refractivity contribution is 0.215. The summed E-state index contributed by atoms with van der Waals surface area (Å²) in [7, 11) is 0. The first-order chi connectivity index (χ1) is 12.5. The molecule has 0 saturated heterocycles. The van der Waals surface area contributed by atoms with Gasteiger partial charge in [-0.05, 0) is 59.9 Å². The van der Waals surface area contributed by atoms with E-state index in [1.165, 1.54) is 11.1 Å². The van der Waals surface area contributed by atoms with Crippen molar-refractivity contribution in [3.05, 3.63) is 59.2 Å². The minimum atomic E-state index is 0.128. The zero-order valence-electron chi connectivity index (χ0n) is 15.4. The van der Waals surface area contributed by atoms with Crippen LogP contribution in [0.3, 0.4) is 0 Å². The molecule has 2 aromatic rings. The first-order valence-electron chi connectivity index (χ1n) is 8.50. The van der Waals surface area contributed by atoms with E-state index >= 15 is 0 Å². The maximum atomic E-state index is 5.93. The first-order valence-corrected chi connectivity index (χ1v) is 8.91. The molecule has 3 N–H and O–H groups in total. The summed E-state index contributed by atoms with van der Waals surface area (Å²) in [5.41, 5.74) is 11.1. The van der Waals surface area contributed by atoms with Gasteiger partial charge in [-0.25, -0.2) is 0 Å². The van der Waals surface area contributed by atoms with E-state index in [-0.39, 0.29) is 5.11 Å². The third kappa shape index (κ3) is 6.37. The number of hydrogen-bond acceptors (Lipinski definition) is 4. The summed E-state index contributed by atoms with van der Waals surface area (Å²) in [5.74, 6) is 2.09. The second-order valence-corrected chi connectivity index (χ2v) is 6.64. The molecule has 0 heterocycles. The van der Waals surface area contributed by atoms with Crippen molar-refractivity contribution in [2.24, 2.45) is 10.8 Å². The van der Waals surface area contributed by atoms with E-state index in [9.17, 15) is 0 Å². The highest BCUT2D eigenvalue weighted by atomic mass is 32.1. The molecule has 6 heteroatoms. The molecule has 0 aliphatic heterocycles. The summed E-state index contributed by atoms with van der Waals surface area (Å²) in [5, 5.41) is 4.06. The molecule has 0 saturated carbocycles. The average molecular weight is 372 g/mol. The Kier molecular flexibility index (Phi) is 7.41. The van der Waals surface area contributed by atoms with Crippen LogP contribution in [0.25, 0.3) is 0 Å². The maximum absolute atomic E-state index is 5.93. The molecule has 0 unspecified atom stereocenters. The van der Waals surface area contributed by atoms with Crippen molar-refractivity contribution in [1.82, 2.24) is 5.43 Å². The Labute approximate surface area is 160 Å². The molecular formula is C20H25N3O2S. The normalized spacial score (nSPS) is 10.9. The second kappa shape index (κ2) is 9.77. The summed E-state index contributed by atoms with van der Waals surface area (Å²) in [6, 6.07) is 13.9. The largest absolute Gasteiger partial charge is 0.490 e. The molecule has 0 atom stereocenters. The Morgan fingerprint density at radius 2 is 1.96 bits per heavy atom. The topological polar surface area (TPSA) is 68.9 Å². The number of aryl methyl sites for hydroxylation is 1. The molecule has 138 valence electrons. The molecule has 0 bridgehead atoms. The van der Waals surface area contributed by atoms with Gasteiger partial charge in [-0.15, -0.1) is 0 Å². The number of thiocarbonyl (C=S) groups is 1. The Hall–Kier alpha value is -2.60. The molecule has 0 aromatic heterocycles. The molecule has 2 aromatic carbocycles. The third-order valence-corrected chi connectivity index (χ3v) is 3.74. The van der Waals surface area contributed by atoms with Gasteiger partial charge < -0.3 is 15.2 Å². The Morgan fingerprint density at radius 3 is 2.69 bits per heavy atom. The van der Waals surface area contributed by atoms with E-state index < -0.39 is 0 Å². The van der Waals surface area contributed by atoms with Crippen molar-refractivity contribution in [3.63, 3.8) is 0 Å². The van der Waals surface area contributed by atoms with Gasteiger partial charge in [0.1, 0.15) is 24.7 Å². The van der Waals surface area contributed by atoms with Crippen molar-refractivity contribution in [1.29, 1.82) is 0 Å². The summed E-state index contributed by atoms with van der Waals surface area (Å²) in [4.78, 5) is 0. The average Bonchev–Trinajstić information content (AvgIpc) is 2.58. The smallest absolute Gasteiger partial charge is 0.184 e. The van der Waals surface area contributed by atoms with Gasteiger partial charge >= 0.3 is 0 Å². The lowest BCUT2D eigenvalue weighted by Crippen LogP contribution is -2.23. The van der Waals surface area contributed by atoms with Crippen LogP contribution in [-0.4, -0.2) is 24.5 Å². The third-order valence-electron chi connectivity index (χ3n) is 3.65. The number of nitrogens with zero attached hydrogens (tertiary/aromatic N) is 1. The lowest BCUT2D eigenvalue weighted by Gasteiger charge is -2.15. The van der Waals surface area contributed by atoms with Crippen LogP contribution in [0.2, 0.25) is 0 Å². The van der Waals surface area contributed by atoms with Crippen LogP contribution >= 0.6 is 12.2 Å². The number of nitrogens with one attached hydrogen (secondary N) is 1. The van der Waals surface area contributed by atoms with Crippen molar-refractivity contribution in [3.8, 4) is 11.5 Å². The molecule has 0 radical (unpaired) electrons. The van der Waals surface area contributed by atoms with Crippen LogP contribution in [-0.2, 0) is 0 Å². The Morgan fingerprint density at radius 1 is 1.19 bits per heavy atom. The Bertz CT molecular complexity index is 775. The molecule has 0 amide bonds. The molecule has 0 fully saturated rings. The van der Waals surface area contributed by atoms with E-state index in [1.807, 2.05) is 24.3 Å². The molecule has 2 rings (SSSR count). The van der Waals surface area contributed by atoms with Gasteiger partial charge in [-0.3, -0.25) is 5.43 Å². The summed E-state index contributed by atoms with van der Waals surface area (Å²) in [6.45, 7) is 7.31. The maximum Gasteiger partial charge on any atom is 0.184 e. The van der Waals surface area contributed by atoms with Crippen molar-refractivity contribution < 1.29 is 9.47 Å². The number of ether oxygens (including phenoxy) is 2. The highest BCUT2D eigenvalue weighted by Crippen LogP contribution is 2.27. The fourth-order valence-corrected chi connectivity index (χ4v) is 2.46. The van der Waals surface area contributed by atoms with Crippen LogP contribution in [0.15, 0.2) is 47.6 Å². The standard InChI is InChI=1S/C20H25N3O2S/c1-14(2)18-8-7-15(3)11-19(18)25-10-9-24-17-6-4-5-16(12-17)13-22-23-20(21)26/h4-8,11-14H,9-10H2,1-3H3,(H3,21,23,26)/b22-13+. The highest BCUT2D eigenvalue weighted by molar-refractivity contribution is 7.80. The van der Waals surface area contributed by atoms with E-state index in [0.717, 1.165) is 17.1 Å². The fraction of sp³-hybridized carbons (Fsp3) is 0.300. The zero-order valence-corrected chi connectivity index (χ0v) is 16.2. The molecule has 0 spiro atoms. The van der Waals surface area contributed by atoms with E-state index in [0.29, 0.717) is 19.1 Å². The van der Waals surface area contributed by atoms with E-state index in [2.05, 4.69) is 49.5 Å². The first kappa shape index (κ1) is 19.7. The van der Waals surface area contributed by atoms with Crippen LogP contribution in [0.4, 0.5) is 0 Å². The predicted molar refractivity (Wildman–Crippen MR) is 110 cm³/mol. The SMILES string of the molecule is Cc1ccc(C(C)C)c(OCCOc2cccc(/C=N/NC(N)=S)c2)c1. The van der Waals surface area contributed by atoms with Gasteiger partial charge in [0, 0.05) is 0 Å². The molecule has 0 aliphatic carbocycles. The zero-order chi connectivity index (χ0) is 18.9. The molecule has 26 heavy (non-hydrogen) atoms. The predicted octanol–water partition coefficient (Wildman–Crippen LogP) is 3.74. The summed E-state index contributed by atoms with van der Waals surface area (Å²) in [6.07, 6.45) is 1.63. The van der Waals surface area contributed by atoms with Gasteiger partial charge in [0.05, 0.1) is 6.21 Å². The number of rotatable bonds is 8. The van der Waals surface area contributed by atoms with E-state index in [4.69, 9.17) is 27.4 Å². The van der Waals surface area contributed by atoms with Gasteiger partial charge in [0.2, 0.25) is 0 Å². The lowest BCUT2D eigenvalue weighted by atomic mass is 10.0. The van der Waals surface area contributed by atoms with Gasteiger partial charge in [-0.1, -0.05) is 38.1 Å². The van der Waals surface area contributed by atoms with Crippen molar-refractivity contribution in [2.75, 3.05) is 13.2 Å². The number of hydrazone groups is 1. The second-order valence-electron chi connectivity index (χ2n) is 6.20. The molecule has 5 nitrogen and oxygen atoms in total. The summed E-state index contributed by atoms with van der Waals surface area (Å²) < 4.78 is 11.7. The highest BCUT2D eigenvalue weighted by Gasteiger charge is 2.08. The fourth-order valence-electron chi connectivity index (χ4n) is 2.41. The van der Waals surface area contributed by atoms with Crippen LogP contribution < -0.4 is 20.6 Å². The van der Waals surface area contributed by atoms with Gasteiger partial charge in [0.25, 0.3) is 0 Å². The summed E-state index contributed by atoms with van der Waals surface area (Å²) >= 11 is 4.70. The quantitative estimate of drug-likeness (QED) is 0.320. The van der Waals surface area contributed by atoms with Crippen LogP contribution in [0, 0.1) is 6.92 Å². The van der Waals surface area contributed by atoms with E-state index in [1.54, 1.807) is 6.21 Å². The Balaban J connectivity index is 1.88. The molecular weight excluding hydrogens is 346 g/mol. The number of nitrogens with two attached hydrogens (primary N) is 1. The molecule has 0 aliphatic rings. The minimum Gasteiger partial charge on any atom is -0.490 e.